The lowest BCUT2D eigenvalue weighted by molar-refractivity contribution is 0.0697. The van der Waals surface area contributed by atoms with Crippen LogP contribution in [0, 0.1) is 0 Å². The van der Waals surface area contributed by atoms with E-state index in [-0.39, 0.29) is 23.7 Å². The molecule has 0 bridgehead atoms. The molecular weight excluding hydrogens is 274 g/mol. The standard InChI is InChI=1S/C14H15N3O4/c15-9-6-17(7-10(9)18)13-11(14(19)20)12(21-16-13)8-4-2-1-3-5-8/h1-5,9-10,18H,6-7,15H2,(H,19,20)/t9-,10-/m1/s1. The monoisotopic (exact) mass is 289 g/mol. The van der Waals surface area contributed by atoms with Crippen LogP contribution in [-0.4, -0.2) is 46.6 Å². The first kappa shape index (κ1) is 13.6. The van der Waals surface area contributed by atoms with Gasteiger partial charge in [-0.1, -0.05) is 35.5 Å². The normalized spacial score (nSPS) is 21.7. The van der Waals surface area contributed by atoms with Crippen molar-refractivity contribution in [3.8, 4) is 11.3 Å². The molecule has 1 aliphatic rings. The molecule has 0 amide bonds. The lowest BCUT2D eigenvalue weighted by Gasteiger charge is -2.14. The van der Waals surface area contributed by atoms with E-state index in [1.54, 1.807) is 29.2 Å². The van der Waals surface area contributed by atoms with E-state index >= 15 is 0 Å². The molecular formula is C14H15N3O4. The predicted molar refractivity (Wildman–Crippen MR) is 75.1 cm³/mol. The Morgan fingerprint density at radius 1 is 1.33 bits per heavy atom. The van der Waals surface area contributed by atoms with Crippen molar-refractivity contribution in [3.05, 3.63) is 35.9 Å². The van der Waals surface area contributed by atoms with Crippen molar-refractivity contribution in [2.75, 3.05) is 18.0 Å². The summed E-state index contributed by atoms with van der Waals surface area (Å²) in [5.41, 5.74) is 6.38. The molecule has 0 spiro atoms. The Bertz CT molecular complexity index is 645. The second-order valence-corrected chi connectivity index (χ2v) is 5.02. The number of nitrogens with two attached hydrogens (primary N) is 1. The Morgan fingerprint density at radius 3 is 2.62 bits per heavy atom. The Balaban J connectivity index is 2.04. The van der Waals surface area contributed by atoms with Crippen LogP contribution >= 0.6 is 0 Å². The Kier molecular flexibility index (Phi) is 3.36. The van der Waals surface area contributed by atoms with Crippen molar-refractivity contribution >= 4 is 11.8 Å². The number of anilines is 1. The zero-order chi connectivity index (χ0) is 15.0. The maximum atomic E-state index is 11.6. The van der Waals surface area contributed by atoms with E-state index in [9.17, 15) is 15.0 Å². The molecule has 7 heteroatoms. The molecule has 1 aromatic carbocycles. The number of β-amino-alcohol motifs (C(OH)–C–C–N with tert-alkyl or cyclic N) is 1. The van der Waals surface area contributed by atoms with Crippen molar-refractivity contribution in [1.29, 1.82) is 0 Å². The summed E-state index contributed by atoms with van der Waals surface area (Å²) in [5.74, 6) is -0.721. The largest absolute Gasteiger partial charge is 0.477 e. The molecule has 0 saturated carbocycles. The first-order chi connectivity index (χ1) is 10.1. The summed E-state index contributed by atoms with van der Waals surface area (Å²) < 4.78 is 5.23. The zero-order valence-electron chi connectivity index (χ0n) is 11.1. The smallest absolute Gasteiger partial charge is 0.343 e. The first-order valence-electron chi connectivity index (χ1n) is 6.55. The van der Waals surface area contributed by atoms with Crippen LogP contribution in [0.2, 0.25) is 0 Å². The van der Waals surface area contributed by atoms with E-state index in [1.807, 2.05) is 6.07 Å². The van der Waals surface area contributed by atoms with Crippen molar-refractivity contribution < 1.29 is 19.5 Å². The maximum Gasteiger partial charge on any atom is 0.343 e. The third kappa shape index (κ3) is 2.37. The summed E-state index contributed by atoms with van der Waals surface area (Å²) in [6, 6.07) is 8.49. The molecule has 21 heavy (non-hydrogen) atoms. The number of aromatic carboxylic acids is 1. The van der Waals surface area contributed by atoms with Crippen LogP contribution in [0.3, 0.4) is 0 Å². The van der Waals surface area contributed by atoms with Crippen molar-refractivity contribution in [2.24, 2.45) is 5.73 Å². The minimum atomic E-state index is -1.12. The van der Waals surface area contributed by atoms with E-state index < -0.39 is 18.1 Å². The lowest BCUT2D eigenvalue weighted by Crippen LogP contribution is -2.32. The fourth-order valence-corrected chi connectivity index (χ4v) is 2.46. The van der Waals surface area contributed by atoms with Crippen LogP contribution in [0.15, 0.2) is 34.9 Å². The second-order valence-electron chi connectivity index (χ2n) is 5.02. The fraction of sp³-hybridized carbons (Fsp3) is 0.286. The van der Waals surface area contributed by atoms with Gasteiger partial charge in [-0.05, 0) is 0 Å². The molecule has 0 unspecified atom stereocenters. The van der Waals surface area contributed by atoms with E-state index in [0.717, 1.165) is 0 Å². The summed E-state index contributed by atoms with van der Waals surface area (Å²) in [6.45, 7) is 0.574. The summed E-state index contributed by atoms with van der Waals surface area (Å²) in [6.07, 6.45) is -0.705. The molecule has 1 aliphatic heterocycles. The summed E-state index contributed by atoms with van der Waals surface area (Å²) >= 11 is 0. The second kappa shape index (κ2) is 5.19. The van der Waals surface area contributed by atoms with E-state index in [1.165, 1.54) is 0 Å². The summed E-state index contributed by atoms with van der Waals surface area (Å²) in [4.78, 5) is 13.2. The molecule has 2 aromatic rings. The minimum absolute atomic E-state index is 0.0116. The Morgan fingerprint density at radius 2 is 2.05 bits per heavy atom. The van der Waals surface area contributed by atoms with Gasteiger partial charge in [0.05, 0.1) is 6.10 Å². The molecule has 0 aliphatic carbocycles. The molecule has 4 N–H and O–H groups in total. The quantitative estimate of drug-likeness (QED) is 0.756. The third-order valence-electron chi connectivity index (χ3n) is 3.56. The predicted octanol–water partition coefficient (Wildman–Crippen LogP) is 0.548. The SMILES string of the molecule is N[C@@H]1CN(c2noc(-c3ccccc3)c2C(=O)O)C[C@H]1O. The molecule has 1 fully saturated rings. The van der Waals surface area contributed by atoms with E-state index in [2.05, 4.69) is 5.16 Å². The molecule has 3 rings (SSSR count). The number of carboxylic acid groups (broad SMARTS) is 1. The van der Waals surface area contributed by atoms with Crippen molar-refractivity contribution in [1.82, 2.24) is 5.16 Å². The molecule has 7 nitrogen and oxygen atoms in total. The third-order valence-corrected chi connectivity index (χ3v) is 3.56. The van der Waals surface area contributed by atoms with Gasteiger partial charge in [0.15, 0.2) is 17.1 Å². The van der Waals surface area contributed by atoms with Gasteiger partial charge in [-0.3, -0.25) is 0 Å². The highest BCUT2D eigenvalue weighted by molar-refractivity contribution is 5.99. The van der Waals surface area contributed by atoms with Crippen LogP contribution in [-0.2, 0) is 0 Å². The first-order valence-corrected chi connectivity index (χ1v) is 6.55. The minimum Gasteiger partial charge on any atom is -0.477 e. The number of hydrogen-bond donors (Lipinski definition) is 3. The maximum absolute atomic E-state index is 11.6. The van der Waals surface area contributed by atoms with Gasteiger partial charge in [-0.2, -0.15) is 0 Å². The molecule has 2 heterocycles. The number of nitrogens with zero attached hydrogens (tertiary/aromatic N) is 2. The van der Waals surface area contributed by atoms with Crippen LogP contribution in [0.1, 0.15) is 10.4 Å². The number of benzene rings is 1. The van der Waals surface area contributed by atoms with E-state index in [4.69, 9.17) is 10.3 Å². The lowest BCUT2D eigenvalue weighted by atomic mass is 10.1. The molecule has 0 radical (unpaired) electrons. The average molecular weight is 289 g/mol. The van der Waals surface area contributed by atoms with Gasteiger partial charge in [0.2, 0.25) is 0 Å². The number of carbonyl (C=O) groups is 1. The number of aliphatic hydroxyl groups excluding tert-OH is 1. The highest BCUT2D eigenvalue weighted by Crippen LogP contribution is 2.32. The molecule has 1 saturated heterocycles. The van der Waals surface area contributed by atoms with Gasteiger partial charge in [-0.25, -0.2) is 4.79 Å². The van der Waals surface area contributed by atoms with Gasteiger partial charge in [0, 0.05) is 24.7 Å². The number of rotatable bonds is 3. The fourth-order valence-electron chi connectivity index (χ4n) is 2.46. The number of aromatic nitrogens is 1. The Labute approximate surface area is 120 Å². The van der Waals surface area contributed by atoms with Gasteiger partial charge >= 0.3 is 5.97 Å². The molecule has 1 aromatic heterocycles. The van der Waals surface area contributed by atoms with Crippen LogP contribution < -0.4 is 10.6 Å². The highest BCUT2D eigenvalue weighted by atomic mass is 16.5. The van der Waals surface area contributed by atoms with Crippen LogP contribution in [0.25, 0.3) is 11.3 Å². The van der Waals surface area contributed by atoms with Crippen LogP contribution in [0.5, 0.6) is 0 Å². The van der Waals surface area contributed by atoms with Crippen molar-refractivity contribution in [2.45, 2.75) is 12.1 Å². The average Bonchev–Trinajstić information content (AvgIpc) is 3.04. The highest BCUT2D eigenvalue weighted by Gasteiger charge is 2.34. The van der Waals surface area contributed by atoms with Crippen molar-refractivity contribution in [3.63, 3.8) is 0 Å². The summed E-state index contributed by atoms with van der Waals surface area (Å²) in [5, 5.41) is 23.0. The topological polar surface area (TPSA) is 113 Å². The van der Waals surface area contributed by atoms with Gasteiger partial charge in [0.1, 0.15) is 0 Å². The van der Waals surface area contributed by atoms with E-state index in [0.29, 0.717) is 12.1 Å². The molecule has 110 valence electrons. The zero-order valence-corrected chi connectivity index (χ0v) is 11.1. The number of carboxylic acids is 1. The van der Waals surface area contributed by atoms with Gasteiger partial charge in [-0.15, -0.1) is 0 Å². The van der Waals surface area contributed by atoms with Gasteiger partial charge in [0.25, 0.3) is 0 Å². The number of hydrogen-bond acceptors (Lipinski definition) is 6. The Hall–Kier alpha value is -2.38. The van der Waals surface area contributed by atoms with Gasteiger partial charge < -0.3 is 25.4 Å². The number of aliphatic hydroxyl groups is 1. The molecule has 2 atom stereocenters. The summed E-state index contributed by atoms with van der Waals surface area (Å²) in [7, 11) is 0. The van der Waals surface area contributed by atoms with Crippen LogP contribution in [0.4, 0.5) is 5.82 Å².